The van der Waals surface area contributed by atoms with Gasteiger partial charge in [-0.25, -0.2) is 9.97 Å². The Kier molecular flexibility index (Phi) is 8.50. The number of non-ortho nitro benzene ring substituents is 1. The average molecular weight is 498 g/mol. The summed E-state index contributed by atoms with van der Waals surface area (Å²) in [5.74, 6) is -0.220. The van der Waals surface area contributed by atoms with Crippen LogP contribution in [0, 0.1) is 10.1 Å². The number of nitro groups is 1. The molecule has 10 heteroatoms. The molecular weight excluding hydrogens is 474 g/mol. The molecule has 0 spiro atoms. The Morgan fingerprint density at radius 1 is 1.26 bits per heavy atom. The third-order valence-corrected chi connectivity index (χ3v) is 6.24. The van der Waals surface area contributed by atoms with E-state index in [0.717, 1.165) is 29.6 Å². The maximum Gasteiger partial charge on any atom is 0.270 e. The van der Waals surface area contributed by atoms with Crippen LogP contribution in [0.3, 0.4) is 0 Å². The Morgan fingerprint density at radius 3 is 2.85 bits per heavy atom. The summed E-state index contributed by atoms with van der Waals surface area (Å²) >= 11 is 1.49. The lowest BCUT2D eigenvalue weighted by Crippen LogP contribution is -2.30. The number of nitrogens with zero attached hydrogens (tertiary/aromatic N) is 5. The number of aromatic nitrogens is 3. The molecule has 0 N–H and O–H groups in total. The second-order valence-corrected chi connectivity index (χ2v) is 8.49. The summed E-state index contributed by atoms with van der Waals surface area (Å²) in [6.45, 7) is 3.31. The third-order valence-electron chi connectivity index (χ3n) is 5.20. The number of thiazole rings is 1. The molecule has 0 saturated heterocycles. The number of benzene rings is 2. The first kappa shape index (κ1) is 25.1. The molecule has 4 aromatic rings. The first-order valence-electron chi connectivity index (χ1n) is 10.6. The molecule has 176 valence electrons. The zero-order valence-electron chi connectivity index (χ0n) is 18.5. The lowest BCUT2D eigenvalue weighted by molar-refractivity contribution is -0.384. The number of rotatable bonds is 9. The second-order valence-electron chi connectivity index (χ2n) is 7.48. The fourth-order valence-electron chi connectivity index (χ4n) is 3.42. The summed E-state index contributed by atoms with van der Waals surface area (Å²) < 4.78 is 3.01. The molecule has 4 rings (SSSR count). The summed E-state index contributed by atoms with van der Waals surface area (Å²) in [5.41, 5.74) is 2.66. The zero-order chi connectivity index (χ0) is 23.2. The lowest BCUT2D eigenvalue weighted by atomic mass is 10.2. The van der Waals surface area contributed by atoms with Gasteiger partial charge in [-0.15, -0.1) is 12.4 Å². The molecule has 0 aliphatic carbocycles. The van der Waals surface area contributed by atoms with Crippen molar-refractivity contribution >= 4 is 56.8 Å². The molecule has 0 aliphatic rings. The van der Waals surface area contributed by atoms with Crippen LogP contribution >= 0.6 is 23.7 Å². The second kappa shape index (κ2) is 11.5. The van der Waals surface area contributed by atoms with Crippen LogP contribution in [-0.2, 0) is 17.8 Å². The van der Waals surface area contributed by atoms with Gasteiger partial charge >= 0.3 is 0 Å². The Labute approximate surface area is 207 Å². The van der Waals surface area contributed by atoms with Gasteiger partial charge < -0.3 is 4.57 Å². The van der Waals surface area contributed by atoms with Crippen molar-refractivity contribution in [3.63, 3.8) is 0 Å². The monoisotopic (exact) mass is 497 g/mol. The molecule has 2 heterocycles. The summed E-state index contributed by atoms with van der Waals surface area (Å²) in [7, 11) is 0. The van der Waals surface area contributed by atoms with E-state index in [9.17, 15) is 14.9 Å². The highest BCUT2D eigenvalue weighted by molar-refractivity contribution is 7.22. The van der Waals surface area contributed by atoms with E-state index in [2.05, 4.69) is 24.0 Å². The first-order chi connectivity index (χ1) is 16.0. The third kappa shape index (κ3) is 6.06. The van der Waals surface area contributed by atoms with E-state index in [1.165, 1.54) is 35.1 Å². The molecule has 1 amide bonds. The van der Waals surface area contributed by atoms with Gasteiger partial charge in [0.1, 0.15) is 0 Å². The van der Waals surface area contributed by atoms with Crippen LogP contribution in [0.2, 0.25) is 0 Å². The maximum atomic E-state index is 13.2. The van der Waals surface area contributed by atoms with Crippen LogP contribution in [0.15, 0.2) is 67.3 Å². The number of nitro benzene ring substituents is 1. The fraction of sp³-hybridized carbons (Fsp3) is 0.208. The van der Waals surface area contributed by atoms with E-state index in [1.54, 1.807) is 35.6 Å². The summed E-state index contributed by atoms with van der Waals surface area (Å²) in [6.07, 6.45) is 10.1. The highest BCUT2D eigenvalue weighted by Gasteiger charge is 2.18. The molecule has 0 atom stereocenters. The van der Waals surface area contributed by atoms with Crippen LogP contribution in [0.25, 0.3) is 16.3 Å². The summed E-state index contributed by atoms with van der Waals surface area (Å²) in [4.78, 5) is 34.2. The number of hydrogen-bond acceptors (Lipinski definition) is 6. The average Bonchev–Trinajstić information content (AvgIpc) is 3.49. The lowest BCUT2D eigenvalue weighted by Gasteiger charge is -2.18. The molecule has 2 aromatic carbocycles. The van der Waals surface area contributed by atoms with Gasteiger partial charge in [-0.3, -0.25) is 19.8 Å². The van der Waals surface area contributed by atoms with Crippen LogP contribution in [0.5, 0.6) is 0 Å². The van der Waals surface area contributed by atoms with Crippen molar-refractivity contribution < 1.29 is 9.72 Å². The minimum Gasteiger partial charge on any atom is -0.337 e. The first-order valence-corrected chi connectivity index (χ1v) is 11.4. The molecule has 0 radical (unpaired) electrons. The molecule has 0 fully saturated rings. The van der Waals surface area contributed by atoms with Crippen molar-refractivity contribution in [1.29, 1.82) is 0 Å². The Morgan fingerprint density at radius 2 is 2.12 bits per heavy atom. The highest BCUT2D eigenvalue weighted by atomic mass is 35.5. The number of anilines is 1. The van der Waals surface area contributed by atoms with Crippen LogP contribution in [0.4, 0.5) is 10.8 Å². The molecule has 8 nitrogen and oxygen atoms in total. The van der Waals surface area contributed by atoms with E-state index in [4.69, 9.17) is 4.98 Å². The Hall–Kier alpha value is -3.56. The number of hydrogen-bond donors (Lipinski definition) is 0. The quantitative estimate of drug-likeness (QED) is 0.172. The van der Waals surface area contributed by atoms with Gasteiger partial charge in [0.05, 0.1) is 21.5 Å². The SMILES string of the molecule is CCc1ccc2nc(N(CCCn3ccnc3)C(=O)/C=C/c3cccc([N+](=O)[O-])c3)sc2c1.Cl. The Balaban J connectivity index is 0.00000324. The minimum absolute atomic E-state index is 0. The van der Waals surface area contributed by atoms with Crippen molar-refractivity contribution in [3.05, 3.63) is 88.5 Å². The van der Waals surface area contributed by atoms with Gasteiger partial charge in [-0.05, 0) is 42.2 Å². The predicted molar refractivity (Wildman–Crippen MR) is 138 cm³/mol. The number of carbonyl (C=O) groups excluding carboxylic acids is 1. The standard InChI is InChI=1S/C24H23N5O3S.ClH/c1-2-18-7-9-21-22(16-18)33-24(26-21)28(13-4-12-27-14-11-25-17-27)23(30)10-8-19-5-3-6-20(15-19)29(31)32;/h3,5-11,14-17H,2,4,12-13H2,1H3;1H/b10-8+;. The van der Waals surface area contributed by atoms with Crippen molar-refractivity contribution in [2.75, 3.05) is 11.4 Å². The number of aryl methyl sites for hydroxylation is 2. The molecule has 34 heavy (non-hydrogen) atoms. The van der Waals surface area contributed by atoms with Gasteiger partial charge in [0.2, 0.25) is 0 Å². The van der Waals surface area contributed by atoms with Gasteiger partial charge in [-0.1, -0.05) is 36.5 Å². The zero-order valence-corrected chi connectivity index (χ0v) is 20.2. The smallest absolute Gasteiger partial charge is 0.270 e. The van der Waals surface area contributed by atoms with Crippen molar-refractivity contribution in [1.82, 2.24) is 14.5 Å². The summed E-state index contributed by atoms with van der Waals surface area (Å²) in [5, 5.41) is 11.7. The molecule has 0 bridgehead atoms. The van der Waals surface area contributed by atoms with Crippen LogP contribution < -0.4 is 4.90 Å². The molecule has 0 unspecified atom stereocenters. The van der Waals surface area contributed by atoms with E-state index >= 15 is 0 Å². The summed E-state index contributed by atoms with van der Waals surface area (Å²) in [6, 6.07) is 12.3. The fourth-order valence-corrected chi connectivity index (χ4v) is 4.48. The number of amides is 1. The normalized spacial score (nSPS) is 11.0. The van der Waals surface area contributed by atoms with Crippen molar-refractivity contribution in [2.45, 2.75) is 26.3 Å². The van der Waals surface area contributed by atoms with E-state index in [1.807, 2.05) is 16.8 Å². The number of carbonyl (C=O) groups is 1. The van der Waals surface area contributed by atoms with Crippen LogP contribution in [-0.4, -0.2) is 31.9 Å². The largest absolute Gasteiger partial charge is 0.337 e. The number of halogens is 1. The Bertz CT molecular complexity index is 1300. The topological polar surface area (TPSA) is 94.2 Å². The number of imidazole rings is 1. The van der Waals surface area contributed by atoms with E-state index in [-0.39, 0.29) is 24.0 Å². The predicted octanol–water partition coefficient (Wildman–Crippen LogP) is 5.52. The van der Waals surface area contributed by atoms with Gasteiger partial charge in [-0.2, -0.15) is 0 Å². The maximum absolute atomic E-state index is 13.2. The van der Waals surface area contributed by atoms with Crippen molar-refractivity contribution in [2.24, 2.45) is 0 Å². The van der Waals surface area contributed by atoms with E-state index < -0.39 is 4.92 Å². The molecule has 2 aromatic heterocycles. The minimum atomic E-state index is -0.451. The number of fused-ring (bicyclic) bond motifs is 1. The van der Waals surface area contributed by atoms with Gasteiger partial charge in [0.15, 0.2) is 5.13 Å². The van der Waals surface area contributed by atoms with Gasteiger partial charge in [0, 0.05) is 43.7 Å². The van der Waals surface area contributed by atoms with Gasteiger partial charge in [0.25, 0.3) is 11.6 Å². The molecule has 0 saturated carbocycles. The van der Waals surface area contributed by atoms with E-state index in [0.29, 0.717) is 17.2 Å². The van der Waals surface area contributed by atoms with Crippen molar-refractivity contribution in [3.8, 4) is 0 Å². The molecule has 0 aliphatic heterocycles. The highest BCUT2D eigenvalue weighted by Crippen LogP contribution is 2.30. The molecular formula is C24H24ClN5O3S. The van der Waals surface area contributed by atoms with Crippen LogP contribution in [0.1, 0.15) is 24.5 Å².